The molecule has 1 rings (SSSR count). The van der Waals surface area contributed by atoms with Crippen LogP contribution >= 0.6 is 0 Å². The van der Waals surface area contributed by atoms with Crippen LogP contribution in [0.25, 0.3) is 0 Å². The fraction of sp³-hybridized carbons (Fsp3) is 0.727. The molecule has 1 aromatic rings. The second-order valence-corrected chi connectivity index (χ2v) is 4.49. The highest BCUT2D eigenvalue weighted by Crippen LogP contribution is 2.02. The minimum Gasteiger partial charge on any atom is -0.389 e. The van der Waals surface area contributed by atoms with E-state index in [1.807, 2.05) is 12.5 Å². The van der Waals surface area contributed by atoms with Crippen LogP contribution in [0.1, 0.15) is 32.9 Å². The monoisotopic (exact) mass is 211 g/mol. The van der Waals surface area contributed by atoms with Crippen LogP contribution in [0.3, 0.4) is 0 Å². The molecule has 0 atom stereocenters. The Morgan fingerprint density at radius 1 is 1.53 bits per heavy atom. The second kappa shape index (κ2) is 5.28. The van der Waals surface area contributed by atoms with Crippen LogP contribution < -0.4 is 5.32 Å². The van der Waals surface area contributed by atoms with Crippen molar-refractivity contribution in [3.8, 4) is 0 Å². The van der Waals surface area contributed by atoms with Gasteiger partial charge in [0.2, 0.25) is 0 Å². The molecule has 0 bridgehead atoms. The maximum atomic E-state index is 9.53. The summed E-state index contributed by atoms with van der Waals surface area (Å²) < 4.78 is 2.14. The zero-order valence-electron chi connectivity index (χ0n) is 9.82. The van der Waals surface area contributed by atoms with E-state index in [1.165, 1.54) is 5.69 Å². The van der Waals surface area contributed by atoms with Crippen LogP contribution in [0.15, 0.2) is 12.5 Å². The highest BCUT2D eigenvalue weighted by atomic mass is 16.3. The third kappa shape index (κ3) is 4.44. The van der Waals surface area contributed by atoms with E-state index < -0.39 is 5.60 Å². The molecule has 0 amide bonds. The van der Waals surface area contributed by atoms with Gasteiger partial charge >= 0.3 is 0 Å². The Balaban J connectivity index is 2.40. The van der Waals surface area contributed by atoms with Gasteiger partial charge in [0.1, 0.15) is 0 Å². The summed E-state index contributed by atoms with van der Waals surface area (Å²) in [5.41, 5.74) is 0.511. The summed E-state index contributed by atoms with van der Waals surface area (Å²) in [7, 11) is 0. The fourth-order valence-electron chi connectivity index (χ4n) is 1.43. The molecule has 0 fully saturated rings. The predicted molar refractivity (Wildman–Crippen MR) is 60.5 cm³/mol. The molecule has 0 saturated heterocycles. The molecule has 0 spiro atoms. The van der Waals surface area contributed by atoms with Gasteiger partial charge in [-0.15, -0.1) is 0 Å². The zero-order chi connectivity index (χ0) is 11.3. The highest BCUT2D eigenvalue weighted by molar-refractivity contribution is 4.98. The van der Waals surface area contributed by atoms with Gasteiger partial charge in [-0.3, -0.25) is 0 Å². The summed E-state index contributed by atoms with van der Waals surface area (Å²) in [6.45, 7) is 8.08. The third-order valence-corrected chi connectivity index (χ3v) is 2.13. The van der Waals surface area contributed by atoms with Gasteiger partial charge in [0.05, 0.1) is 17.6 Å². The number of aromatic nitrogens is 2. The molecule has 0 saturated carbocycles. The topological polar surface area (TPSA) is 50.1 Å². The first-order valence-electron chi connectivity index (χ1n) is 5.45. The van der Waals surface area contributed by atoms with Crippen molar-refractivity contribution in [2.24, 2.45) is 0 Å². The average molecular weight is 211 g/mol. The Bertz CT molecular complexity index is 288. The van der Waals surface area contributed by atoms with Gasteiger partial charge in [0.15, 0.2) is 0 Å². The molecule has 0 aliphatic rings. The van der Waals surface area contributed by atoms with Crippen molar-refractivity contribution in [1.29, 1.82) is 0 Å². The lowest BCUT2D eigenvalue weighted by Crippen LogP contribution is -2.34. The summed E-state index contributed by atoms with van der Waals surface area (Å²) in [4.78, 5) is 4.12. The van der Waals surface area contributed by atoms with Crippen molar-refractivity contribution in [3.63, 3.8) is 0 Å². The molecule has 4 nitrogen and oxygen atoms in total. The molecular weight excluding hydrogens is 190 g/mol. The van der Waals surface area contributed by atoms with Crippen LogP contribution in [0, 0.1) is 0 Å². The van der Waals surface area contributed by atoms with Crippen LogP contribution in [0.2, 0.25) is 0 Å². The van der Waals surface area contributed by atoms with Crippen LogP contribution in [-0.4, -0.2) is 26.8 Å². The summed E-state index contributed by atoms with van der Waals surface area (Å²) in [6, 6.07) is 0. The van der Waals surface area contributed by atoms with Gasteiger partial charge in [-0.2, -0.15) is 0 Å². The second-order valence-electron chi connectivity index (χ2n) is 4.49. The SMILES string of the molecule is CCCn1cncc1CNCC(C)(C)O. The molecule has 0 radical (unpaired) electrons. The van der Waals surface area contributed by atoms with E-state index in [4.69, 9.17) is 0 Å². The lowest BCUT2D eigenvalue weighted by atomic mass is 10.1. The number of aryl methyl sites for hydroxylation is 1. The van der Waals surface area contributed by atoms with Crippen LogP contribution in [-0.2, 0) is 13.1 Å². The van der Waals surface area contributed by atoms with Crippen molar-refractivity contribution in [2.75, 3.05) is 6.54 Å². The lowest BCUT2D eigenvalue weighted by molar-refractivity contribution is 0.0793. The number of rotatable bonds is 6. The molecule has 2 N–H and O–H groups in total. The van der Waals surface area contributed by atoms with Crippen molar-refractivity contribution in [1.82, 2.24) is 14.9 Å². The third-order valence-electron chi connectivity index (χ3n) is 2.13. The lowest BCUT2D eigenvalue weighted by Gasteiger charge is -2.17. The number of nitrogens with zero attached hydrogens (tertiary/aromatic N) is 2. The molecule has 4 heteroatoms. The largest absolute Gasteiger partial charge is 0.389 e. The Morgan fingerprint density at radius 2 is 2.27 bits per heavy atom. The van der Waals surface area contributed by atoms with Crippen molar-refractivity contribution < 1.29 is 5.11 Å². The first-order valence-corrected chi connectivity index (χ1v) is 5.45. The Kier molecular flexibility index (Phi) is 4.29. The van der Waals surface area contributed by atoms with Crippen molar-refractivity contribution >= 4 is 0 Å². The van der Waals surface area contributed by atoms with E-state index in [2.05, 4.69) is 21.8 Å². The maximum absolute atomic E-state index is 9.53. The first kappa shape index (κ1) is 12.2. The van der Waals surface area contributed by atoms with Gasteiger partial charge < -0.3 is 15.0 Å². The van der Waals surface area contributed by atoms with E-state index >= 15 is 0 Å². The Morgan fingerprint density at radius 3 is 2.87 bits per heavy atom. The minimum atomic E-state index is -0.657. The zero-order valence-corrected chi connectivity index (χ0v) is 9.82. The standard InChI is InChI=1S/C11H21N3O/c1-4-5-14-9-13-7-10(14)6-12-8-11(2,3)15/h7,9,12,15H,4-6,8H2,1-3H3. The first-order chi connectivity index (χ1) is 7.03. The molecule has 0 aromatic carbocycles. The van der Waals surface area contributed by atoms with E-state index in [1.54, 1.807) is 13.8 Å². The number of aliphatic hydroxyl groups is 1. The van der Waals surface area contributed by atoms with E-state index in [0.29, 0.717) is 6.54 Å². The normalized spacial score (nSPS) is 12.0. The number of imidazole rings is 1. The predicted octanol–water partition coefficient (Wildman–Crippen LogP) is 1.15. The smallest absolute Gasteiger partial charge is 0.0948 e. The molecule has 0 aliphatic heterocycles. The summed E-state index contributed by atoms with van der Waals surface area (Å²) >= 11 is 0. The highest BCUT2D eigenvalue weighted by Gasteiger charge is 2.11. The summed E-state index contributed by atoms with van der Waals surface area (Å²) in [5, 5.41) is 12.7. The average Bonchev–Trinajstić information content (AvgIpc) is 2.51. The summed E-state index contributed by atoms with van der Waals surface area (Å²) in [5.74, 6) is 0. The molecule has 15 heavy (non-hydrogen) atoms. The maximum Gasteiger partial charge on any atom is 0.0948 e. The minimum absolute atomic E-state index is 0.588. The van der Waals surface area contributed by atoms with Gasteiger partial charge in [0, 0.05) is 25.8 Å². The molecule has 1 aromatic heterocycles. The quantitative estimate of drug-likeness (QED) is 0.742. The van der Waals surface area contributed by atoms with Crippen LogP contribution in [0.4, 0.5) is 0 Å². The Labute approximate surface area is 91.3 Å². The number of nitrogens with one attached hydrogen (secondary N) is 1. The number of hydrogen-bond donors (Lipinski definition) is 2. The van der Waals surface area contributed by atoms with Gasteiger partial charge in [-0.25, -0.2) is 4.98 Å². The fourth-order valence-corrected chi connectivity index (χ4v) is 1.43. The number of hydrogen-bond acceptors (Lipinski definition) is 3. The van der Waals surface area contributed by atoms with E-state index in [0.717, 1.165) is 19.5 Å². The van der Waals surface area contributed by atoms with E-state index in [-0.39, 0.29) is 0 Å². The van der Waals surface area contributed by atoms with Gasteiger partial charge in [-0.05, 0) is 20.3 Å². The summed E-state index contributed by atoms with van der Waals surface area (Å²) in [6.07, 6.45) is 4.83. The van der Waals surface area contributed by atoms with Crippen LogP contribution in [0.5, 0.6) is 0 Å². The van der Waals surface area contributed by atoms with Crippen molar-refractivity contribution in [3.05, 3.63) is 18.2 Å². The van der Waals surface area contributed by atoms with Gasteiger partial charge in [0.25, 0.3) is 0 Å². The van der Waals surface area contributed by atoms with E-state index in [9.17, 15) is 5.11 Å². The molecular formula is C11H21N3O. The molecule has 0 unspecified atom stereocenters. The Hall–Kier alpha value is -0.870. The van der Waals surface area contributed by atoms with Gasteiger partial charge in [-0.1, -0.05) is 6.92 Å². The molecule has 0 aliphatic carbocycles. The molecule has 1 heterocycles. The molecule has 86 valence electrons. The van der Waals surface area contributed by atoms with Crippen molar-refractivity contribution in [2.45, 2.75) is 45.9 Å².